The standard InChI is InChI=1S/C15H17NO3/c1-15(2,18)8-6-11-4-5-12-13(10-11)19-9-7-14(17)16(12)3/h4-5,10,18H,7,9H2,1-3H3. The van der Waals surface area contributed by atoms with Gasteiger partial charge in [-0.05, 0) is 32.0 Å². The largest absolute Gasteiger partial charge is 0.491 e. The molecule has 1 amide bonds. The predicted molar refractivity (Wildman–Crippen MR) is 73.1 cm³/mol. The quantitative estimate of drug-likeness (QED) is 0.719. The average molecular weight is 259 g/mol. The molecular weight excluding hydrogens is 242 g/mol. The Morgan fingerprint density at radius 3 is 2.84 bits per heavy atom. The molecule has 1 aromatic rings. The predicted octanol–water partition coefficient (Wildman–Crippen LogP) is 1.55. The summed E-state index contributed by atoms with van der Waals surface area (Å²) in [6, 6.07) is 5.42. The first-order valence-corrected chi connectivity index (χ1v) is 6.16. The van der Waals surface area contributed by atoms with E-state index in [9.17, 15) is 9.90 Å². The summed E-state index contributed by atoms with van der Waals surface area (Å²) in [5, 5.41) is 9.58. The van der Waals surface area contributed by atoms with Crippen molar-refractivity contribution >= 4 is 11.6 Å². The number of nitrogens with zero attached hydrogens (tertiary/aromatic N) is 1. The highest BCUT2D eigenvalue weighted by atomic mass is 16.5. The highest BCUT2D eigenvalue weighted by Gasteiger charge is 2.19. The number of carbonyl (C=O) groups is 1. The molecule has 4 heteroatoms. The van der Waals surface area contributed by atoms with Crippen molar-refractivity contribution in [3.8, 4) is 17.6 Å². The molecule has 1 aromatic carbocycles. The normalized spacial score (nSPS) is 14.9. The van der Waals surface area contributed by atoms with Gasteiger partial charge in [-0.3, -0.25) is 4.79 Å². The fraction of sp³-hybridized carbons (Fsp3) is 0.400. The van der Waals surface area contributed by atoms with Crippen LogP contribution >= 0.6 is 0 Å². The Kier molecular flexibility index (Phi) is 3.50. The zero-order valence-corrected chi connectivity index (χ0v) is 11.4. The molecule has 1 heterocycles. The van der Waals surface area contributed by atoms with Gasteiger partial charge in [-0.1, -0.05) is 11.8 Å². The van der Waals surface area contributed by atoms with Crippen LogP contribution in [0.15, 0.2) is 18.2 Å². The summed E-state index contributed by atoms with van der Waals surface area (Å²) in [5.41, 5.74) is 0.473. The van der Waals surface area contributed by atoms with Gasteiger partial charge in [0.05, 0.1) is 18.7 Å². The van der Waals surface area contributed by atoms with Crippen molar-refractivity contribution in [3.05, 3.63) is 23.8 Å². The van der Waals surface area contributed by atoms with Gasteiger partial charge in [0.25, 0.3) is 0 Å². The lowest BCUT2D eigenvalue weighted by atomic mass is 10.1. The van der Waals surface area contributed by atoms with Crippen LogP contribution in [0.5, 0.6) is 5.75 Å². The van der Waals surface area contributed by atoms with E-state index < -0.39 is 5.60 Å². The van der Waals surface area contributed by atoms with Gasteiger partial charge in [0.1, 0.15) is 11.4 Å². The molecule has 0 fully saturated rings. The van der Waals surface area contributed by atoms with Gasteiger partial charge in [0, 0.05) is 12.6 Å². The molecule has 0 spiro atoms. The van der Waals surface area contributed by atoms with Crippen LogP contribution in [0.3, 0.4) is 0 Å². The minimum absolute atomic E-state index is 0.0362. The molecule has 2 rings (SSSR count). The van der Waals surface area contributed by atoms with Crippen LogP contribution in [0.1, 0.15) is 25.8 Å². The van der Waals surface area contributed by atoms with Crippen molar-refractivity contribution in [2.45, 2.75) is 25.9 Å². The number of ether oxygens (including phenoxy) is 1. The molecule has 1 aliphatic rings. The van der Waals surface area contributed by atoms with Gasteiger partial charge in [-0.25, -0.2) is 0 Å². The highest BCUT2D eigenvalue weighted by Crippen LogP contribution is 2.31. The summed E-state index contributed by atoms with van der Waals surface area (Å²) in [6.07, 6.45) is 0.371. The molecule has 0 unspecified atom stereocenters. The van der Waals surface area contributed by atoms with Crippen molar-refractivity contribution in [2.24, 2.45) is 0 Å². The van der Waals surface area contributed by atoms with E-state index in [0.29, 0.717) is 18.8 Å². The van der Waals surface area contributed by atoms with Gasteiger partial charge in [0.2, 0.25) is 5.91 Å². The second-order valence-corrected chi connectivity index (χ2v) is 5.04. The number of hydrogen-bond acceptors (Lipinski definition) is 3. The molecule has 0 aromatic heterocycles. The topological polar surface area (TPSA) is 49.8 Å². The molecule has 0 bridgehead atoms. The Bertz CT molecular complexity index is 561. The van der Waals surface area contributed by atoms with Crippen LogP contribution in [-0.2, 0) is 4.79 Å². The highest BCUT2D eigenvalue weighted by molar-refractivity contribution is 5.95. The number of rotatable bonds is 0. The second kappa shape index (κ2) is 4.94. The third-order valence-electron chi connectivity index (χ3n) is 2.78. The molecule has 4 nitrogen and oxygen atoms in total. The van der Waals surface area contributed by atoms with E-state index in [0.717, 1.165) is 11.3 Å². The third kappa shape index (κ3) is 3.27. The number of anilines is 1. The van der Waals surface area contributed by atoms with Crippen molar-refractivity contribution in [3.63, 3.8) is 0 Å². The third-order valence-corrected chi connectivity index (χ3v) is 2.78. The lowest BCUT2D eigenvalue weighted by Gasteiger charge is -2.16. The van der Waals surface area contributed by atoms with Crippen molar-refractivity contribution < 1.29 is 14.6 Å². The van der Waals surface area contributed by atoms with Crippen molar-refractivity contribution in [1.29, 1.82) is 0 Å². The number of fused-ring (bicyclic) bond motifs is 1. The number of amides is 1. The fourth-order valence-corrected chi connectivity index (χ4v) is 1.76. The molecule has 0 atom stereocenters. The zero-order chi connectivity index (χ0) is 14.0. The summed E-state index contributed by atoms with van der Waals surface area (Å²) in [4.78, 5) is 13.3. The van der Waals surface area contributed by atoms with Crippen LogP contribution in [0.4, 0.5) is 5.69 Å². The van der Waals surface area contributed by atoms with E-state index in [-0.39, 0.29) is 5.91 Å². The number of carbonyl (C=O) groups excluding carboxylic acids is 1. The lowest BCUT2D eigenvalue weighted by molar-refractivity contribution is -0.118. The number of benzene rings is 1. The molecule has 0 aliphatic carbocycles. The van der Waals surface area contributed by atoms with Crippen molar-refractivity contribution in [2.75, 3.05) is 18.6 Å². The Labute approximate surface area is 113 Å². The molecular formula is C15H17NO3. The van der Waals surface area contributed by atoms with E-state index in [1.165, 1.54) is 0 Å². The molecule has 19 heavy (non-hydrogen) atoms. The Morgan fingerprint density at radius 1 is 1.42 bits per heavy atom. The van der Waals surface area contributed by atoms with E-state index in [1.54, 1.807) is 31.9 Å². The summed E-state index contributed by atoms with van der Waals surface area (Å²) in [5.74, 6) is 6.33. The number of hydrogen-bond donors (Lipinski definition) is 1. The van der Waals surface area contributed by atoms with Gasteiger partial charge in [-0.2, -0.15) is 0 Å². The van der Waals surface area contributed by atoms with E-state index in [1.807, 2.05) is 12.1 Å². The minimum atomic E-state index is -1.03. The van der Waals surface area contributed by atoms with Crippen LogP contribution in [-0.4, -0.2) is 30.3 Å². The summed E-state index contributed by atoms with van der Waals surface area (Å²) >= 11 is 0. The van der Waals surface area contributed by atoms with Crippen molar-refractivity contribution in [1.82, 2.24) is 0 Å². The molecule has 0 saturated heterocycles. The molecule has 0 radical (unpaired) electrons. The monoisotopic (exact) mass is 259 g/mol. The second-order valence-electron chi connectivity index (χ2n) is 5.04. The Balaban J connectivity index is 2.36. The first-order chi connectivity index (χ1) is 8.87. The Hall–Kier alpha value is -1.99. The zero-order valence-electron chi connectivity index (χ0n) is 11.4. The molecule has 1 N–H and O–H groups in total. The van der Waals surface area contributed by atoms with E-state index in [4.69, 9.17) is 4.74 Å². The average Bonchev–Trinajstić information content (AvgIpc) is 2.47. The number of aliphatic hydroxyl groups is 1. The van der Waals surface area contributed by atoms with Crippen LogP contribution in [0.2, 0.25) is 0 Å². The fourth-order valence-electron chi connectivity index (χ4n) is 1.76. The van der Waals surface area contributed by atoms with Crippen LogP contribution < -0.4 is 9.64 Å². The maximum atomic E-state index is 11.7. The smallest absolute Gasteiger partial charge is 0.230 e. The SMILES string of the molecule is CN1C(=O)CCOc2cc(C#CC(C)(C)O)ccc21. The minimum Gasteiger partial charge on any atom is -0.491 e. The first kappa shape index (κ1) is 13.4. The van der Waals surface area contributed by atoms with E-state index in [2.05, 4.69) is 11.8 Å². The Morgan fingerprint density at radius 2 is 2.16 bits per heavy atom. The maximum absolute atomic E-state index is 11.7. The maximum Gasteiger partial charge on any atom is 0.230 e. The summed E-state index contributed by atoms with van der Waals surface area (Å²) < 4.78 is 5.57. The van der Waals surface area contributed by atoms with Crippen LogP contribution in [0, 0.1) is 11.8 Å². The van der Waals surface area contributed by atoms with Gasteiger partial charge in [-0.15, -0.1) is 0 Å². The van der Waals surface area contributed by atoms with Gasteiger partial charge < -0.3 is 14.7 Å². The van der Waals surface area contributed by atoms with Crippen LogP contribution in [0.25, 0.3) is 0 Å². The first-order valence-electron chi connectivity index (χ1n) is 6.16. The summed E-state index contributed by atoms with van der Waals surface area (Å²) in [6.45, 7) is 3.64. The summed E-state index contributed by atoms with van der Waals surface area (Å²) in [7, 11) is 1.73. The van der Waals surface area contributed by atoms with Gasteiger partial charge >= 0.3 is 0 Å². The molecule has 1 aliphatic heterocycles. The molecule has 100 valence electrons. The molecule has 0 saturated carbocycles. The lowest BCUT2D eigenvalue weighted by Crippen LogP contribution is -2.25. The van der Waals surface area contributed by atoms with Gasteiger partial charge in [0.15, 0.2) is 0 Å². The van der Waals surface area contributed by atoms with E-state index >= 15 is 0 Å².